The monoisotopic (exact) mass is 250 g/mol. The van der Waals surface area contributed by atoms with Crippen LogP contribution < -0.4 is 0 Å². The number of carboxylic acid groups (broad SMARTS) is 1. The maximum absolute atomic E-state index is 11.9. The summed E-state index contributed by atoms with van der Waals surface area (Å²) in [7, 11) is 0. The van der Waals surface area contributed by atoms with E-state index >= 15 is 0 Å². The zero-order valence-electron chi connectivity index (χ0n) is 10.5. The fourth-order valence-electron chi connectivity index (χ4n) is 1.61. The zero-order chi connectivity index (χ0) is 13.4. The number of rotatable bonds is 7. The van der Waals surface area contributed by atoms with E-state index in [1.54, 1.807) is 24.3 Å². The number of esters is 1. The SMILES string of the molecule is CCCCOC(=O)[C@H](CC(=O)O)c1ccccc1. The largest absolute Gasteiger partial charge is 0.481 e. The molecule has 0 radical (unpaired) electrons. The number of carbonyl (C=O) groups excluding carboxylic acids is 1. The normalized spacial score (nSPS) is 11.8. The van der Waals surface area contributed by atoms with Crippen LogP contribution in [0.5, 0.6) is 0 Å². The van der Waals surface area contributed by atoms with E-state index in [0.717, 1.165) is 12.8 Å². The van der Waals surface area contributed by atoms with Gasteiger partial charge in [-0.25, -0.2) is 0 Å². The summed E-state index contributed by atoms with van der Waals surface area (Å²) in [6.07, 6.45) is 1.48. The molecule has 0 spiro atoms. The third kappa shape index (κ3) is 4.57. The van der Waals surface area contributed by atoms with Crippen molar-refractivity contribution >= 4 is 11.9 Å². The molecule has 18 heavy (non-hydrogen) atoms. The molecule has 0 aliphatic carbocycles. The van der Waals surface area contributed by atoms with Crippen molar-refractivity contribution in [3.8, 4) is 0 Å². The maximum Gasteiger partial charge on any atom is 0.314 e. The predicted octanol–water partition coefficient (Wildman–Crippen LogP) is 2.59. The number of aliphatic carboxylic acids is 1. The number of hydrogen-bond donors (Lipinski definition) is 1. The van der Waals surface area contributed by atoms with E-state index in [1.807, 2.05) is 13.0 Å². The van der Waals surface area contributed by atoms with Crippen LogP contribution in [-0.4, -0.2) is 23.7 Å². The van der Waals surface area contributed by atoms with Gasteiger partial charge in [-0.15, -0.1) is 0 Å². The lowest BCUT2D eigenvalue weighted by Crippen LogP contribution is -2.19. The van der Waals surface area contributed by atoms with Gasteiger partial charge in [-0.2, -0.15) is 0 Å². The van der Waals surface area contributed by atoms with Crippen molar-refractivity contribution in [2.75, 3.05) is 6.61 Å². The quantitative estimate of drug-likeness (QED) is 0.596. The molecule has 0 fully saturated rings. The first kappa shape index (κ1) is 14.2. The van der Waals surface area contributed by atoms with Crippen LogP contribution in [-0.2, 0) is 14.3 Å². The lowest BCUT2D eigenvalue weighted by molar-refractivity contribution is -0.149. The number of ether oxygens (including phenoxy) is 1. The van der Waals surface area contributed by atoms with Crippen LogP contribution >= 0.6 is 0 Å². The lowest BCUT2D eigenvalue weighted by Gasteiger charge is -2.14. The minimum atomic E-state index is -1.00. The molecule has 0 aliphatic heterocycles. The molecule has 0 amide bonds. The molecule has 1 N–H and O–H groups in total. The summed E-state index contributed by atoms with van der Waals surface area (Å²) >= 11 is 0. The van der Waals surface area contributed by atoms with Gasteiger partial charge in [-0.3, -0.25) is 9.59 Å². The Labute approximate surface area is 107 Å². The Kier molecular flexibility index (Phi) is 5.91. The molecule has 0 aromatic heterocycles. The minimum absolute atomic E-state index is 0.241. The molecule has 1 aromatic rings. The van der Waals surface area contributed by atoms with Crippen molar-refractivity contribution in [1.29, 1.82) is 0 Å². The fourth-order valence-corrected chi connectivity index (χ4v) is 1.61. The van der Waals surface area contributed by atoms with Crippen molar-refractivity contribution in [2.24, 2.45) is 0 Å². The summed E-state index contributed by atoms with van der Waals surface area (Å²) in [4.78, 5) is 22.7. The van der Waals surface area contributed by atoms with Gasteiger partial charge in [0.2, 0.25) is 0 Å². The molecule has 0 saturated heterocycles. The molecule has 0 saturated carbocycles. The van der Waals surface area contributed by atoms with Gasteiger partial charge in [-0.1, -0.05) is 43.7 Å². The van der Waals surface area contributed by atoms with E-state index in [-0.39, 0.29) is 6.42 Å². The Hall–Kier alpha value is -1.84. The van der Waals surface area contributed by atoms with Gasteiger partial charge in [0.15, 0.2) is 0 Å². The van der Waals surface area contributed by atoms with Crippen LogP contribution in [0.2, 0.25) is 0 Å². The summed E-state index contributed by atoms with van der Waals surface area (Å²) in [5, 5.41) is 8.86. The number of carboxylic acids is 1. The molecule has 4 nitrogen and oxygen atoms in total. The Bertz CT molecular complexity index is 386. The van der Waals surface area contributed by atoms with Crippen molar-refractivity contribution in [3.05, 3.63) is 35.9 Å². The van der Waals surface area contributed by atoms with Crippen molar-refractivity contribution in [2.45, 2.75) is 32.1 Å². The highest BCUT2D eigenvalue weighted by molar-refractivity contribution is 5.83. The van der Waals surface area contributed by atoms with Crippen LogP contribution in [0.1, 0.15) is 37.7 Å². The summed E-state index contributed by atoms with van der Waals surface area (Å²) < 4.78 is 5.10. The van der Waals surface area contributed by atoms with Gasteiger partial charge in [0, 0.05) is 0 Å². The van der Waals surface area contributed by atoms with Crippen molar-refractivity contribution in [3.63, 3.8) is 0 Å². The van der Waals surface area contributed by atoms with E-state index in [9.17, 15) is 9.59 Å². The Morgan fingerprint density at radius 1 is 1.28 bits per heavy atom. The van der Waals surface area contributed by atoms with Crippen LogP contribution in [0.3, 0.4) is 0 Å². The van der Waals surface area contributed by atoms with E-state index in [0.29, 0.717) is 12.2 Å². The molecule has 0 bridgehead atoms. The Morgan fingerprint density at radius 3 is 2.50 bits per heavy atom. The average Bonchev–Trinajstić information content (AvgIpc) is 2.37. The standard InChI is InChI=1S/C14H18O4/c1-2-3-9-18-14(17)12(10-13(15)16)11-7-5-4-6-8-11/h4-8,12H,2-3,9-10H2,1H3,(H,15,16)/t12-/m1/s1. The van der Waals surface area contributed by atoms with E-state index in [1.165, 1.54) is 0 Å². The molecule has 1 atom stereocenters. The first-order valence-electron chi connectivity index (χ1n) is 6.08. The first-order valence-corrected chi connectivity index (χ1v) is 6.08. The van der Waals surface area contributed by atoms with Gasteiger partial charge in [0.1, 0.15) is 0 Å². The molecule has 0 unspecified atom stereocenters. The Morgan fingerprint density at radius 2 is 1.94 bits per heavy atom. The lowest BCUT2D eigenvalue weighted by atomic mass is 9.96. The van der Waals surface area contributed by atoms with E-state index in [4.69, 9.17) is 9.84 Å². The Balaban J connectivity index is 2.72. The molecular formula is C14H18O4. The highest BCUT2D eigenvalue weighted by Crippen LogP contribution is 2.21. The minimum Gasteiger partial charge on any atom is -0.481 e. The second kappa shape index (κ2) is 7.48. The second-order valence-corrected chi connectivity index (χ2v) is 4.08. The number of benzene rings is 1. The van der Waals surface area contributed by atoms with E-state index in [2.05, 4.69) is 0 Å². The molecule has 1 rings (SSSR count). The van der Waals surface area contributed by atoms with Gasteiger partial charge in [-0.05, 0) is 12.0 Å². The van der Waals surface area contributed by atoms with Crippen LogP contribution in [0.4, 0.5) is 0 Å². The number of unbranched alkanes of at least 4 members (excludes halogenated alkanes) is 1. The molecule has 98 valence electrons. The first-order chi connectivity index (χ1) is 8.65. The van der Waals surface area contributed by atoms with Gasteiger partial charge in [0.05, 0.1) is 18.9 Å². The summed E-state index contributed by atoms with van der Waals surface area (Å²) in [5.74, 6) is -2.19. The topological polar surface area (TPSA) is 63.6 Å². The highest BCUT2D eigenvalue weighted by Gasteiger charge is 2.24. The second-order valence-electron chi connectivity index (χ2n) is 4.08. The highest BCUT2D eigenvalue weighted by atomic mass is 16.5. The summed E-state index contributed by atoms with van der Waals surface area (Å²) in [6, 6.07) is 8.88. The molecule has 4 heteroatoms. The fraction of sp³-hybridized carbons (Fsp3) is 0.429. The summed E-state index contributed by atoms with van der Waals surface area (Å²) in [6.45, 7) is 2.35. The molecule has 1 aromatic carbocycles. The molecular weight excluding hydrogens is 232 g/mol. The molecule has 0 heterocycles. The van der Waals surface area contributed by atoms with Crippen molar-refractivity contribution in [1.82, 2.24) is 0 Å². The molecule has 0 aliphatic rings. The third-order valence-corrected chi connectivity index (χ3v) is 2.61. The van der Waals surface area contributed by atoms with Gasteiger partial charge < -0.3 is 9.84 Å². The maximum atomic E-state index is 11.9. The van der Waals surface area contributed by atoms with E-state index < -0.39 is 17.9 Å². The van der Waals surface area contributed by atoms with Crippen LogP contribution in [0.15, 0.2) is 30.3 Å². The van der Waals surface area contributed by atoms with Crippen LogP contribution in [0.25, 0.3) is 0 Å². The average molecular weight is 250 g/mol. The van der Waals surface area contributed by atoms with Crippen molar-refractivity contribution < 1.29 is 19.4 Å². The third-order valence-electron chi connectivity index (χ3n) is 2.61. The predicted molar refractivity (Wildman–Crippen MR) is 67.3 cm³/mol. The zero-order valence-corrected chi connectivity index (χ0v) is 10.5. The summed E-state index contributed by atoms with van der Waals surface area (Å²) in [5.41, 5.74) is 0.682. The van der Waals surface area contributed by atoms with Gasteiger partial charge >= 0.3 is 11.9 Å². The number of hydrogen-bond acceptors (Lipinski definition) is 3. The number of carbonyl (C=O) groups is 2. The van der Waals surface area contributed by atoms with Gasteiger partial charge in [0.25, 0.3) is 0 Å². The van der Waals surface area contributed by atoms with Crippen LogP contribution in [0, 0.1) is 0 Å². The smallest absolute Gasteiger partial charge is 0.314 e.